The van der Waals surface area contributed by atoms with Gasteiger partial charge in [-0.05, 0) is 25.8 Å². The molecule has 24 heavy (non-hydrogen) atoms. The van der Waals surface area contributed by atoms with Crippen LogP contribution in [0.4, 0.5) is 4.79 Å². The molecule has 8 heteroatoms. The summed E-state index contributed by atoms with van der Waals surface area (Å²) in [6.07, 6.45) is 1.67. The second-order valence-corrected chi connectivity index (χ2v) is 4.88. The smallest absolute Gasteiger partial charge is 0.328 e. The number of allylic oxidation sites excluding steroid dienone is 1. The van der Waals surface area contributed by atoms with Gasteiger partial charge in [-0.1, -0.05) is 6.07 Å². The quantitative estimate of drug-likeness (QED) is 0.674. The Bertz CT molecular complexity index is 712. The first-order valence-corrected chi connectivity index (χ1v) is 7.18. The summed E-state index contributed by atoms with van der Waals surface area (Å²) in [6, 6.07) is 6.51. The lowest BCUT2D eigenvalue weighted by atomic mass is 10.3. The largest absolute Gasteiger partial charge is 0.497 e. The fourth-order valence-corrected chi connectivity index (χ4v) is 1.99. The highest BCUT2D eigenvalue weighted by molar-refractivity contribution is 5.97. The topological polar surface area (TPSA) is 92.6 Å². The lowest BCUT2D eigenvalue weighted by Gasteiger charge is -2.26. The molecule has 0 aromatic heterocycles. The summed E-state index contributed by atoms with van der Waals surface area (Å²) in [5, 5.41) is 2.24. The number of amidine groups is 1. The van der Waals surface area contributed by atoms with E-state index in [-0.39, 0.29) is 18.3 Å². The summed E-state index contributed by atoms with van der Waals surface area (Å²) in [4.78, 5) is 32.1. The van der Waals surface area contributed by atoms with Crippen LogP contribution in [0.3, 0.4) is 0 Å². The molecule has 0 bridgehead atoms. The molecule has 0 saturated carbocycles. The van der Waals surface area contributed by atoms with Crippen LogP contribution in [0.15, 0.2) is 46.1 Å². The summed E-state index contributed by atoms with van der Waals surface area (Å²) in [6.45, 7) is 5.41. The molecule has 1 aromatic rings. The van der Waals surface area contributed by atoms with Crippen LogP contribution < -0.4 is 14.8 Å². The number of methoxy groups -OCH3 is 1. The molecular weight excluding hydrogens is 312 g/mol. The van der Waals surface area contributed by atoms with Crippen molar-refractivity contribution < 1.29 is 19.1 Å². The van der Waals surface area contributed by atoms with Crippen LogP contribution in [0.2, 0.25) is 0 Å². The molecule has 0 aliphatic carbocycles. The normalized spacial score (nSPS) is 15.8. The van der Waals surface area contributed by atoms with Gasteiger partial charge in [-0.15, -0.1) is 0 Å². The molecule has 1 aliphatic heterocycles. The van der Waals surface area contributed by atoms with Crippen LogP contribution in [-0.2, 0) is 4.79 Å². The molecule has 1 fully saturated rings. The zero-order chi connectivity index (χ0) is 17.5. The third kappa shape index (κ3) is 4.42. The molecular formula is C16H18N4O4. The van der Waals surface area contributed by atoms with Crippen LogP contribution in [0.5, 0.6) is 11.5 Å². The fourth-order valence-electron chi connectivity index (χ4n) is 1.99. The first kappa shape index (κ1) is 17.2. The Kier molecular flexibility index (Phi) is 5.67. The second-order valence-electron chi connectivity index (χ2n) is 4.88. The van der Waals surface area contributed by atoms with Crippen molar-refractivity contribution >= 4 is 24.7 Å². The first-order valence-electron chi connectivity index (χ1n) is 7.18. The Morgan fingerprint density at radius 2 is 2.12 bits per heavy atom. The van der Waals surface area contributed by atoms with E-state index in [9.17, 15) is 9.59 Å². The lowest BCUT2D eigenvalue weighted by molar-refractivity contribution is -0.121. The number of carbonyl (C=O) groups is 2. The number of carbonyl (C=O) groups excluding carboxylic acids is 2. The summed E-state index contributed by atoms with van der Waals surface area (Å²) in [7, 11) is 1.56. The molecule has 1 saturated heterocycles. The average Bonchev–Trinajstić information content (AvgIpc) is 2.58. The van der Waals surface area contributed by atoms with E-state index in [0.29, 0.717) is 23.7 Å². The number of urea groups is 1. The highest BCUT2D eigenvalue weighted by Gasteiger charge is 2.23. The number of nitrogens with one attached hydrogen (secondary N) is 1. The summed E-state index contributed by atoms with van der Waals surface area (Å²) in [5.74, 6) is 0.840. The minimum atomic E-state index is -0.475. The van der Waals surface area contributed by atoms with Gasteiger partial charge in [0.25, 0.3) is 0 Å². The molecule has 0 atom stereocenters. The maximum absolute atomic E-state index is 11.7. The number of ether oxygens (including phenoxy) is 2. The minimum absolute atomic E-state index is 0.0242. The monoisotopic (exact) mass is 330 g/mol. The number of hydrogen-bond acceptors (Lipinski definition) is 5. The standard InChI is InChI=1S/C16H18N4O4/c1-11(20-8-7-14(21)19-16(20)22)10-18-15(17-2)24-13-6-4-5-12(9-13)23-3/h4-6,9-10H,2,7-8H2,1,3H3,(H,19,21,22)/b11-10+,18-15+. The maximum atomic E-state index is 11.7. The van der Waals surface area contributed by atoms with Crippen LogP contribution in [0.25, 0.3) is 0 Å². The van der Waals surface area contributed by atoms with Gasteiger partial charge in [-0.25, -0.2) is 14.8 Å². The van der Waals surface area contributed by atoms with Gasteiger partial charge in [0.15, 0.2) is 0 Å². The Morgan fingerprint density at radius 1 is 1.38 bits per heavy atom. The predicted molar refractivity (Wildman–Crippen MR) is 89.2 cm³/mol. The van der Waals surface area contributed by atoms with Crippen molar-refractivity contribution in [2.75, 3.05) is 13.7 Å². The third-order valence-electron chi connectivity index (χ3n) is 3.23. The van der Waals surface area contributed by atoms with Gasteiger partial charge in [-0.2, -0.15) is 0 Å². The van der Waals surface area contributed by atoms with Gasteiger partial charge >= 0.3 is 12.1 Å². The first-order chi connectivity index (χ1) is 11.5. The van der Waals surface area contributed by atoms with Crippen LogP contribution in [-0.4, -0.2) is 43.2 Å². The summed E-state index contributed by atoms with van der Waals surface area (Å²) in [5.41, 5.74) is 0.551. The van der Waals surface area contributed by atoms with Crippen molar-refractivity contribution in [3.63, 3.8) is 0 Å². The van der Waals surface area contributed by atoms with Gasteiger partial charge in [0.2, 0.25) is 5.91 Å². The number of benzene rings is 1. The molecule has 1 aliphatic rings. The van der Waals surface area contributed by atoms with E-state index in [1.807, 2.05) is 0 Å². The molecule has 8 nitrogen and oxygen atoms in total. The van der Waals surface area contributed by atoms with E-state index in [1.54, 1.807) is 38.3 Å². The van der Waals surface area contributed by atoms with Crippen molar-refractivity contribution in [3.05, 3.63) is 36.2 Å². The zero-order valence-corrected chi connectivity index (χ0v) is 13.5. The van der Waals surface area contributed by atoms with Crippen molar-refractivity contribution in [1.29, 1.82) is 0 Å². The van der Waals surface area contributed by atoms with Gasteiger partial charge in [-0.3, -0.25) is 15.0 Å². The molecule has 3 amide bonds. The molecule has 126 valence electrons. The van der Waals surface area contributed by atoms with Crippen LogP contribution in [0.1, 0.15) is 13.3 Å². The summed E-state index contributed by atoms with van der Waals surface area (Å²) < 4.78 is 10.6. The van der Waals surface area contributed by atoms with Crippen LogP contribution >= 0.6 is 0 Å². The number of nitrogens with zero attached hydrogens (tertiary/aromatic N) is 3. The van der Waals surface area contributed by atoms with Crippen LogP contribution in [0, 0.1) is 0 Å². The SMILES string of the molecule is C=N/C(=N\C=C(/C)N1CCC(=O)NC1=O)Oc1cccc(OC)c1. The van der Waals surface area contributed by atoms with E-state index in [0.717, 1.165) is 0 Å². The van der Waals surface area contributed by atoms with Gasteiger partial charge in [0.1, 0.15) is 11.5 Å². The van der Waals surface area contributed by atoms with Gasteiger partial charge in [0.05, 0.1) is 13.3 Å². The highest BCUT2D eigenvalue weighted by atomic mass is 16.5. The molecule has 0 unspecified atom stereocenters. The number of hydrogen-bond donors (Lipinski definition) is 1. The van der Waals surface area contributed by atoms with Gasteiger partial charge in [0, 0.05) is 24.7 Å². The number of amides is 3. The zero-order valence-electron chi connectivity index (χ0n) is 13.5. The van der Waals surface area contributed by atoms with E-state index >= 15 is 0 Å². The highest BCUT2D eigenvalue weighted by Crippen LogP contribution is 2.19. The molecule has 1 N–H and O–H groups in total. The number of rotatable bonds is 4. The second kappa shape index (κ2) is 7.91. The van der Waals surface area contributed by atoms with E-state index in [1.165, 1.54) is 11.1 Å². The molecule has 1 aromatic carbocycles. The van der Waals surface area contributed by atoms with E-state index < -0.39 is 6.03 Å². The van der Waals surface area contributed by atoms with Crippen molar-refractivity contribution in [3.8, 4) is 11.5 Å². The molecule has 1 heterocycles. The number of aliphatic imine (C=N–C) groups is 2. The fraction of sp³-hybridized carbons (Fsp3) is 0.250. The van der Waals surface area contributed by atoms with E-state index in [4.69, 9.17) is 9.47 Å². The van der Waals surface area contributed by atoms with Crippen molar-refractivity contribution in [2.24, 2.45) is 9.98 Å². The average molecular weight is 330 g/mol. The Hall–Kier alpha value is -3.16. The van der Waals surface area contributed by atoms with Gasteiger partial charge < -0.3 is 9.47 Å². The number of imide groups is 1. The van der Waals surface area contributed by atoms with E-state index in [2.05, 4.69) is 22.0 Å². The van der Waals surface area contributed by atoms with Crippen molar-refractivity contribution in [2.45, 2.75) is 13.3 Å². The maximum Gasteiger partial charge on any atom is 0.328 e. The lowest BCUT2D eigenvalue weighted by Crippen LogP contribution is -2.48. The minimum Gasteiger partial charge on any atom is -0.497 e. The predicted octanol–water partition coefficient (Wildman–Crippen LogP) is 1.93. The Morgan fingerprint density at radius 3 is 2.79 bits per heavy atom. The molecule has 0 radical (unpaired) electrons. The summed E-state index contributed by atoms with van der Waals surface area (Å²) >= 11 is 0. The molecule has 0 spiro atoms. The Balaban J connectivity index is 2.10. The molecule has 2 rings (SSSR count). The Labute approximate surface area is 139 Å². The third-order valence-corrected chi connectivity index (χ3v) is 3.23. The van der Waals surface area contributed by atoms with Crippen molar-refractivity contribution in [1.82, 2.24) is 10.2 Å².